The lowest BCUT2D eigenvalue weighted by Crippen LogP contribution is -2.30. The van der Waals surface area contributed by atoms with Gasteiger partial charge in [0.1, 0.15) is 0 Å². The zero-order valence-corrected chi connectivity index (χ0v) is 15.7. The molecule has 3 aromatic rings. The molecule has 2 aromatic heterocycles. The molecule has 7 nitrogen and oxygen atoms in total. The Morgan fingerprint density at radius 2 is 1.92 bits per heavy atom. The molecular formula is C17H20N6OS. The number of hydrogen-bond donors (Lipinski definition) is 0. The minimum absolute atomic E-state index is 0.0452. The fourth-order valence-corrected chi connectivity index (χ4v) is 3.56. The fourth-order valence-electron chi connectivity index (χ4n) is 2.66. The van der Waals surface area contributed by atoms with E-state index in [2.05, 4.69) is 20.4 Å². The molecule has 0 saturated heterocycles. The Morgan fingerprint density at radius 3 is 2.44 bits per heavy atom. The molecule has 0 fully saturated rings. The number of amides is 1. The van der Waals surface area contributed by atoms with Gasteiger partial charge in [-0.2, -0.15) is 4.80 Å². The zero-order valence-electron chi connectivity index (χ0n) is 14.9. The lowest BCUT2D eigenvalue weighted by atomic mass is 10.1. The van der Waals surface area contributed by atoms with Crippen LogP contribution in [-0.2, 0) is 7.05 Å². The summed E-state index contributed by atoms with van der Waals surface area (Å²) in [6.07, 6.45) is 0. The van der Waals surface area contributed by atoms with Crippen molar-refractivity contribution in [2.75, 3.05) is 7.05 Å². The summed E-state index contributed by atoms with van der Waals surface area (Å²) in [5.41, 5.74) is 2.40. The molecule has 0 aliphatic rings. The number of tetrazole rings is 1. The van der Waals surface area contributed by atoms with Gasteiger partial charge in [0.25, 0.3) is 5.91 Å². The molecule has 2 heterocycles. The van der Waals surface area contributed by atoms with E-state index in [9.17, 15) is 4.79 Å². The van der Waals surface area contributed by atoms with Gasteiger partial charge in [0, 0.05) is 23.1 Å². The van der Waals surface area contributed by atoms with Crippen LogP contribution in [0, 0.1) is 13.8 Å². The third-order valence-electron chi connectivity index (χ3n) is 4.13. The predicted octanol–water partition coefficient (Wildman–Crippen LogP) is 2.78. The third kappa shape index (κ3) is 3.43. The number of nitrogens with zero attached hydrogens (tertiary/aromatic N) is 6. The second kappa shape index (κ2) is 6.72. The molecule has 0 aliphatic carbocycles. The molecular weight excluding hydrogens is 336 g/mol. The molecule has 1 aromatic carbocycles. The van der Waals surface area contributed by atoms with Crippen LogP contribution in [0.2, 0.25) is 0 Å². The normalized spacial score (nSPS) is 12.2. The highest BCUT2D eigenvalue weighted by molar-refractivity contribution is 7.11. The summed E-state index contributed by atoms with van der Waals surface area (Å²) in [6, 6.07) is 7.16. The maximum atomic E-state index is 12.8. The van der Waals surface area contributed by atoms with E-state index >= 15 is 0 Å². The first kappa shape index (κ1) is 17.2. The Balaban J connectivity index is 1.79. The lowest BCUT2D eigenvalue weighted by molar-refractivity contribution is 0.0740. The van der Waals surface area contributed by atoms with Gasteiger partial charge in [0.2, 0.25) is 5.82 Å². The Labute approximate surface area is 150 Å². The summed E-state index contributed by atoms with van der Waals surface area (Å²) >= 11 is 1.65. The summed E-state index contributed by atoms with van der Waals surface area (Å²) in [5, 5.41) is 13.0. The smallest absolute Gasteiger partial charge is 0.254 e. The average Bonchev–Trinajstić information content (AvgIpc) is 3.18. The molecule has 0 saturated carbocycles. The van der Waals surface area contributed by atoms with Crippen LogP contribution in [0.25, 0.3) is 11.4 Å². The van der Waals surface area contributed by atoms with Crippen LogP contribution >= 0.6 is 11.3 Å². The number of carbonyl (C=O) groups excluding carboxylic acids is 1. The molecule has 130 valence electrons. The van der Waals surface area contributed by atoms with E-state index in [-0.39, 0.29) is 11.9 Å². The average molecular weight is 356 g/mol. The second-order valence-corrected chi connectivity index (χ2v) is 7.35. The standard InChI is InChI=1S/C17H20N6OS/c1-10(15-11(2)25-12(3)18-15)22(4)17(24)14-8-6-13(7-9-14)16-19-21-23(5)20-16/h6-10H,1-5H3/t10-/m1/s1. The van der Waals surface area contributed by atoms with Crippen molar-refractivity contribution in [3.05, 3.63) is 45.4 Å². The lowest BCUT2D eigenvalue weighted by Gasteiger charge is -2.24. The van der Waals surface area contributed by atoms with E-state index in [4.69, 9.17) is 0 Å². The maximum Gasteiger partial charge on any atom is 0.254 e. The Bertz CT molecular complexity index is 898. The molecule has 25 heavy (non-hydrogen) atoms. The van der Waals surface area contributed by atoms with Gasteiger partial charge >= 0.3 is 0 Å². The molecule has 1 amide bonds. The summed E-state index contributed by atoms with van der Waals surface area (Å²) in [6.45, 7) is 6.02. The summed E-state index contributed by atoms with van der Waals surface area (Å²) in [7, 11) is 3.52. The van der Waals surface area contributed by atoms with E-state index in [1.54, 1.807) is 42.5 Å². The number of rotatable bonds is 4. The summed E-state index contributed by atoms with van der Waals surface area (Å²) in [5.74, 6) is 0.494. The van der Waals surface area contributed by atoms with Gasteiger partial charge < -0.3 is 4.90 Å². The summed E-state index contributed by atoms with van der Waals surface area (Å²) in [4.78, 5) is 21.6. The molecule has 0 N–H and O–H groups in total. The SMILES string of the molecule is Cc1nc([C@@H](C)N(C)C(=O)c2ccc(-c3nnn(C)n3)cc2)c(C)s1. The monoisotopic (exact) mass is 356 g/mol. The van der Waals surface area contributed by atoms with Crippen LogP contribution in [0.1, 0.15) is 38.9 Å². The minimum atomic E-state index is -0.0845. The number of hydrogen-bond acceptors (Lipinski definition) is 6. The quantitative estimate of drug-likeness (QED) is 0.718. The van der Waals surface area contributed by atoms with Crippen molar-refractivity contribution < 1.29 is 4.79 Å². The van der Waals surface area contributed by atoms with Gasteiger partial charge in [-0.3, -0.25) is 4.79 Å². The van der Waals surface area contributed by atoms with Gasteiger partial charge in [-0.05, 0) is 38.1 Å². The van der Waals surface area contributed by atoms with Gasteiger partial charge in [-0.25, -0.2) is 4.98 Å². The molecule has 1 atom stereocenters. The van der Waals surface area contributed by atoms with Crippen LogP contribution in [0.4, 0.5) is 0 Å². The van der Waals surface area contributed by atoms with Crippen LogP contribution in [-0.4, -0.2) is 43.0 Å². The Hall–Kier alpha value is -2.61. The van der Waals surface area contributed by atoms with Crippen molar-refractivity contribution >= 4 is 17.2 Å². The first-order chi connectivity index (χ1) is 11.9. The van der Waals surface area contributed by atoms with Gasteiger partial charge in [0.05, 0.1) is 23.8 Å². The van der Waals surface area contributed by atoms with Gasteiger partial charge in [0.15, 0.2) is 0 Å². The van der Waals surface area contributed by atoms with Crippen molar-refractivity contribution in [3.63, 3.8) is 0 Å². The Morgan fingerprint density at radius 1 is 1.24 bits per heavy atom. The molecule has 0 radical (unpaired) electrons. The van der Waals surface area contributed by atoms with E-state index < -0.39 is 0 Å². The second-order valence-electron chi connectivity index (χ2n) is 5.95. The molecule has 0 spiro atoms. The first-order valence-electron chi connectivity index (χ1n) is 7.92. The predicted molar refractivity (Wildman–Crippen MR) is 96.3 cm³/mol. The number of thiazole rings is 1. The molecule has 0 aliphatic heterocycles. The topological polar surface area (TPSA) is 76.8 Å². The van der Waals surface area contributed by atoms with Crippen molar-refractivity contribution in [1.82, 2.24) is 30.1 Å². The largest absolute Gasteiger partial charge is 0.333 e. The highest BCUT2D eigenvalue weighted by Crippen LogP contribution is 2.27. The van der Waals surface area contributed by atoms with Crippen LogP contribution in [0.3, 0.4) is 0 Å². The van der Waals surface area contributed by atoms with E-state index in [1.807, 2.05) is 32.9 Å². The number of carbonyl (C=O) groups is 1. The van der Waals surface area contributed by atoms with Crippen molar-refractivity contribution in [2.45, 2.75) is 26.8 Å². The zero-order chi connectivity index (χ0) is 18.1. The number of benzene rings is 1. The van der Waals surface area contributed by atoms with E-state index in [0.717, 1.165) is 21.1 Å². The fraction of sp³-hybridized carbons (Fsp3) is 0.353. The first-order valence-corrected chi connectivity index (χ1v) is 8.74. The van der Waals surface area contributed by atoms with E-state index in [1.165, 1.54) is 4.80 Å². The number of aryl methyl sites for hydroxylation is 3. The highest BCUT2D eigenvalue weighted by atomic mass is 32.1. The van der Waals surface area contributed by atoms with Crippen molar-refractivity contribution in [1.29, 1.82) is 0 Å². The third-order valence-corrected chi connectivity index (χ3v) is 5.04. The van der Waals surface area contributed by atoms with Crippen molar-refractivity contribution in [2.24, 2.45) is 7.05 Å². The van der Waals surface area contributed by atoms with E-state index in [0.29, 0.717) is 11.4 Å². The van der Waals surface area contributed by atoms with Crippen LogP contribution in [0.15, 0.2) is 24.3 Å². The van der Waals surface area contributed by atoms with Crippen LogP contribution in [0.5, 0.6) is 0 Å². The highest BCUT2D eigenvalue weighted by Gasteiger charge is 2.22. The maximum absolute atomic E-state index is 12.8. The molecule has 3 rings (SSSR count). The molecule has 8 heteroatoms. The van der Waals surface area contributed by atoms with Gasteiger partial charge in [-0.1, -0.05) is 12.1 Å². The number of aromatic nitrogens is 5. The minimum Gasteiger partial charge on any atom is -0.333 e. The summed E-state index contributed by atoms with van der Waals surface area (Å²) < 4.78 is 0. The van der Waals surface area contributed by atoms with Gasteiger partial charge in [-0.15, -0.1) is 21.5 Å². The molecule has 0 unspecified atom stereocenters. The molecule has 0 bridgehead atoms. The Kier molecular flexibility index (Phi) is 4.63. The van der Waals surface area contributed by atoms with Crippen molar-refractivity contribution in [3.8, 4) is 11.4 Å². The van der Waals surface area contributed by atoms with Crippen LogP contribution < -0.4 is 0 Å².